The number of hydrogen-bond acceptors (Lipinski definition) is 8. The molecular formula is C18H32N4O7S2. The molecule has 0 aromatic rings. The van der Waals surface area contributed by atoms with Gasteiger partial charge in [-0.05, 0) is 30.8 Å². The summed E-state index contributed by atoms with van der Waals surface area (Å²) in [5.41, 5.74) is 5.63. The molecule has 13 heteroatoms. The van der Waals surface area contributed by atoms with Gasteiger partial charge in [0.25, 0.3) is 0 Å². The van der Waals surface area contributed by atoms with Gasteiger partial charge in [0.2, 0.25) is 17.7 Å². The Balaban J connectivity index is 5.47. The van der Waals surface area contributed by atoms with Gasteiger partial charge in [0, 0.05) is 12.2 Å². The maximum Gasteiger partial charge on any atom is 0.326 e. The van der Waals surface area contributed by atoms with E-state index in [0.29, 0.717) is 5.75 Å². The molecule has 0 aliphatic rings. The summed E-state index contributed by atoms with van der Waals surface area (Å²) in [5, 5.41) is 25.5. The van der Waals surface area contributed by atoms with Crippen LogP contribution in [0.4, 0.5) is 0 Å². The first-order chi connectivity index (χ1) is 14.4. The zero-order valence-electron chi connectivity index (χ0n) is 17.8. The number of amides is 3. The third kappa shape index (κ3) is 11.3. The minimum Gasteiger partial charge on any atom is -0.481 e. The lowest BCUT2D eigenvalue weighted by molar-refractivity contribution is -0.144. The van der Waals surface area contributed by atoms with E-state index in [-0.39, 0.29) is 18.6 Å². The van der Waals surface area contributed by atoms with Crippen LogP contribution in [0.25, 0.3) is 0 Å². The average Bonchev–Trinajstić information content (AvgIpc) is 2.70. The zero-order chi connectivity index (χ0) is 24.1. The van der Waals surface area contributed by atoms with Crippen LogP contribution >= 0.6 is 24.4 Å². The molecule has 11 nitrogen and oxygen atoms in total. The van der Waals surface area contributed by atoms with Gasteiger partial charge in [0.1, 0.15) is 18.1 Å². The maximum atomic E-state index is 12.8. The van der Waals surface area contributed by atoms with Crippen molar-refractivity contribution in [2.75, 3.05) is 17.8 Å². The summed E-state index contributed by atoms with van der Waals surface area (Å²) < 4.78 is 0. The lowest BCUT2D eigenvalue weighted by atomic mass is 10.0. The highest BCUT2D eigenvalue weighted by atomic mass is 32.2. The van der Waals surface area contributed by atoms with Gasteiger partial charge in [-0.25, -0.2) is 4.79 Å². The van der Waals surface area contributed by atoms with Crippen LogP contribution in [0.2, 0.25) is 0 Å². The molecule has 178 valence electrons. The predicted molar refractivity (Wildman–Crippen MR) is 120 cm³/mol. The Morgan fingerprint density at radius 3 is 1.90 bits per heavy atom. The Kier molecular flexibility index (Phi) is 14.0. The van der Waals surface area contributed by atoms with E-state index in [1.165, 1.54) is 11.8 Å². The first-order valence-corrected chi connectivity index (χ1v) is 11.7. The third-order valence-electron chi connectivity index (χ3n) is 4.29. The van der Waals surface area contributed by atoms with E-state index in [0.717, 1.165) is 0 Å². The fourth-order valence-corrected chi connectivity index (χ4v) is 3.08. The van der Waals surface area contributed by atoms with Crippen molar-refractivity contribution in [3.8, 4) is 0 Å². The van der Waals surface area contributed by atoms with Gasteiger partial charge in [-0.15, -0.1) is 0 Å². The number of rotatable bonds is 15. The quantitative estimate of drug-likeness (QED) is 0.145. The van der Waals surface area contributed by atoms with Crippen LogP contribution in [0, 0.1) is 5.92 Å². The van der Waals surface area contributed by atoms with Crippen molar-refractivity contribution in [2.45, 2.75) is 57.3 Å². The highest BCUT2D eigenvalue weighted by Crippen LogP contribution is 2.07. The molecule has 0 bridgehead atoms. The van der Waals surface area contributed by atoms with Gasteiger partial charge in [0.05, 0.1) is 6.04 Å². The second-order valence-corrected chi connectivity index (χ2v) is 8.54. The number of aliphatic carboxylic acids is 2. The monoisotopic (exact) mass is 480 g/mol. The standard InChI is InChI=1S/C18H32N4O7S2/c1-9(2)14(18(28)29)22-17(27)11(4-5-13(23)24)21-16(26)12(6-7-31-3)20-15(25)10(19)8-30/h9-12,14,30H,4-8,19H2,1-3H3,(H,20,25)(H,21,26)(H,22,27)(H,23,24)(H,28,29). The summed E-state index contributed by atoms with van der Waals surface area (Å²) >= 11 is 5.39. The number of nitrogens with two attached hydrogens (primary N) is 1. The number of carbonyl (C=O) groups is 5. The SMILES string of the molecule is CSCCC(NC(=O)C(N)CS)C(=O)NC(CCC(=O)O)C(=O)NC(C(=O)O)C(C)C. The van der Waals surface area contributed by atoms with Gasteiger partial charge in [-0.2, -0.15) is 24.4 Å². The van der Waals surface area contributed by atoms with Crippen LogP contribution in [-0.4, -0.2) is 81.8 Å². The highest BCUT2D eigenvalue weighted by molar-refractivity contribution is 7.98. The average molecular weight is 481 g/mol. The third-order valence-corrected chi connectivity index (χ3v) is 5.32. The fraction of sp³-hybridized carbons (Fsp3) is 0.722. The molecule has 4 atom stereocenters. The molecule has 0 saturated carbocycles. The van der Waals surface area contributed by atoms with Crippen molar-refractivity contribution in [3.63, 3.8) is 0 Å². The lowest BCUT2D eigenvalue weighted by Gasteiger charge is -2.25. The van der Waals surface area contributed by atoms with E-state index in [1.54, 1.807) is 13.8 Å². The molecule has 0 saturated heterocycles. The van der Waals surface area contributed by atoms with E-state index in [2.05, 4.69) is 28.6 Å². The Morgan fingerprint density at radius 2 is 1.45 bits per heavy atom. The summed E-state index contributed by atoms with van der Waals surface area (Å²) in [5.74, 6) is -4.39. The van der Waals surface area contributed by atoms with Gasteiger partial charge in [-0.1, -0.05) is 13.8 Å². The maximum absolute atomic E-state index is 12.8. The molecule has 0 fully saturated rings. The molecule has 0 radical (unpaired) electrons. The van der Waals surface area contributed by atoms with Crippen molar-refractivity contribution in [2.24, 2.45) is 11.7 Å². The van der Waals surface area contributed by atoms with Crippen LogP contribution < -0.4 is 21.7 Å². The van der Waals surface area contributed by atoms with Gasteiger partial charge in [-0.3, -0.25) is 19.2 Å². The molecule has 0 aromatic carbocycles. The largest absolute Gasteiger partial charge is 0.481 e. The Morgan fingerprint density at radius 1 is 0.935 bits per heavy atom. The van der Waals surface area contributed by atoms with Crippen molar-refractivity contribution in [1.82, 2.24) is 16.0 Å². The van der Waals surface area contributed by atoms with Crippen molar-refractivity contribution in [3.05, 3.63) is 0 Å². The molecular weight excluding hydrogens is 448 g/mol. The Labute approximate surface area is 191 Å². The van der Waals surface area contributed by atoms with E-state index >= 15 is 0 Å². The number of nitrogens with one attached hydrogen (secondary N) is 3. The Bertz CT molecular complexity index is 648. The summed E-state index contributed by atoms with van der Waals surface area (Å²) in [6.07, 6.45) is 1.38. The Hall–Kier alpha value is -1.99. The highest BCUT2D eigenvalue weighted by Gasteiger charge is 2.31. The molecule has 0 aromatic heterocycles. The number of thiol groups is 1. The van der Waals surface area contributed by atoms with Crippen LogP contribution in [-0.2, 0) is 24.0 Å². The van der Waals surface area contributed by atoms with Crippen LogP contribution in [0.1, 0.15) is 33.1 Å². The summed E-state index contributed by atoms with van der Waals surface area (Å²) in [6, 6.07) is -4.44. The van der Waals surface area contributed by atoms with Gasteiger partial charge >= 0.3 is 11.9 Å². The van der Waals surface area contributed by atoms with Crippen LogP contribution in [0.5, 0.6) is 0 Å². The predicted octanol–water partition coefficient (Wildman–Crippen LogP) is -0.944. The van der Waals surface area contributed by atoms with E-state index < -0.39 is 66.2 Å². The number of carboxylic acid groups (broad SMARTS) is 2. The summed E-state index contributed by atoms with van der Waals surface area (Å²) in [4.78, 5) is 59.8. The zero-order valence-corrected chi connectivity index (χ0v) is 19.5. The number of carboxylic acids is 2. The molecule has 0 aliphatic carbocycles. The molecule has 0 spiro atoms. The van der Waals surface area contributed by atoms with Crippen molar-refractivity contribution >= 4 is 54.1 Å². The molecule has 31 heavy (non-hydrogen) atoms. The van der Waals surface area contributed by atoms with E-state index in [4.69, 9.17) is 10.8 Å². The lowest BCUT2D eigenvalue weighted by Crippen LogP contribution is -2.57. The molecule has 0 rings (SSSR count). The number of carbonyl (C=O) groups excluding carboxylic acids is 3. The van der Waals surface area contributed by atoms with Gasteiger partial charge in [0.15, 0.2) is 0 Å². The van der Waals surface area contributed by atoms with Crippen molar-refractivity contribution in [1.29, 1.82) is 0 Å². The van der Waals surface area contributed by atoms with Gasteiger partial charge < -0.3 is 31.9 Å². The summed E-state index contributed by atoms with van der Waals surface area (Å²) in [6.45, 7) is 3.20. The molecule has 4 unspecified atom stereocenters. The smallest absolute Gasteiger partial charge is 0.326 e. The summed E-state index contributed by atoms with van der Waals surface area (Å²) in [7, 11) is 0. The minimum atomic E-state index is -1.29. The fourth-order valence-electron chi connectivity index (χ4n) is 2.44. The second kappa shape index (κ2) is 14.9. The van der Waals surface area contributed by atoms with Crippen molar-refractivity contribution < 1.29 is 34.2 Å². The second-order valence-electron chi connectivity index (χ2n) is 7.19. The number of hydrogen-bond donors (Lipinski definition) is 7. The van der Waals surface area contributed by atoms with E-state index in [1.807, 2.05) is 6.26 Å². The van der Waals surface area contributed by atoms with Crippen LogP contribution in [0.15, 0.2) is 0 Å². The number of thioether (sulfide) groups is 1. The molecule has 0 aliphatic heterocycles. The van der Waals surface area contributed by atoms with E-state index in [9.17, 15) is 29.1 Å². The topological polar surface area (TPSA) is 188 Å². The normalized spacial score (nSPS) is 14.8. The minimum absolute atomic E-state index is 0.0676. The molecule has 7 N–H and O–H groups in total. The first kappa shape index (κ1) is 29.0. The molecule has 3 amide bonds. The molecule has 0 heterocycles. The first-order valence-electron chi connectivity index (χ1n) is 9.65. The van der Waals surface area contributed by atoms with Crippen LogP contribution in [0.3, 0.4) is 0 Å².